The maximum Gasteiger partial charge on any atom is 0.265 e. The summed E-state index contributed by atoms with van der Waals surface area (Å²) in [6.45, 7) is 5.73. The fraction of sp³-hybridized carbons (Fsp3) is 0.278. The van der Waals surface area contributed by atoms with E-state index in [1.165, 1.54) is 5.56 Å². The average Bonchev–Trinajstić information content (AvgIpc) is 2.50. The Hall–Kier alpha value is -2.49. The first kappa shape index (κ1) is 15.9. The molecule has 1 amide bonds. The Labute approximate surface area is 131 Å². The van der Waals surface area contributed by atoms with Crippen LogP contribution in [-0.2, 0) is 11.2 Å². The number of rotatable bonds is 5. The average molecular weight is 298 g/mol. The molecule has 0 radical (unpaired) electrons. The smallest absolute Gasteiger partial charge is 0.265 e. The van der Waals surface area contributed by atoms with E-state index in [4.69, 9.17) is 10.5 Å². The largest absolute Gasteiger partial charge is 0.481 e. The molecule has 116 valence electrons. The zero-order chi connectivity index (χ0) is 16.1. The zero-order valence-corrected chi connectivity index (χ0v) is 13.2. The molecule has 0 saturated heterocycles. The van der Waals surface area contributed by atoms with Gasteiger partial charge in [0.15, 0.2) is 6.10 Å². The summed E-state index contributed by atoms with van der Waals surface area (Å²) in [5, 5.41) is 2.86. The second kappa shape index (κ2) is 6.98. The summed E-state index contributed by atoms with van der Waals surface area (Å²) in [4.78, 5) is 12.2. The number of nitrogens with one attached hydrogen (secondary N) is 1. The molecule has 4 nitrogen and oxygen atoms in total. The molecule has 22 heavy (non-hydrogen) atoms. The number of carbonyl (C=O) groups is 1. The first-order valence-corrected chi connectivity index (χ1v) is 7.42. The fourth-order valence-electron chi connectivity index (χ4n) is 2.12. The van der Waals surface area contributed by atoms with E-state index in [1.54, 1.807) is 19.1 Å². The molecule has 0 spiro atoms. The Morgan fingerprint density at radius 2 is 1.91 bits per heavy atom. The summed E-state index contributed by atoms with van der Waals surface area (Å²) < 4.78 is 5.67. The van der Waals surface area contributed by atoms with Crippen molar-refractivity contribution >= 4 is 17.3 Å². The molecule has 0 saturated carbocycles. The van der Waals surface area contributed by atoms with Gasteiger partial charge in [-0.1, -0.05) is 19.1 Å². The number of amides is 1. The molecule has 3 N–H and O–H groups in total. The Morgan fingerprint density at radius 3 is 2.50 bits per heavy atom. The van der Waals surface area contributed by atoms with Crippen molar-refractivity contribution in [3.05, 3.63) is 53.6 Å². The van der Waals surface area contributed by atoms with Crippen LogP contribution in [0, 0.1) is 6.92 Å². The van der Waals surface area contributed by atoms with Gasteiger partial charge < -0.3 is 15.8 Å². The molecule has 0 aliphatic heterocycles. The quantitative estimate of drug-likeness (QED) is 0.830. The lowest BCUT2D eigenvalue weighted by molar-refractivity contribution is -0.122. The summed E-state index contributed by atoms with van der Waals surface area (Å²) >= 11 is 0. The van der Waals surface area contributed by atoms with E-state index >= 15 is 0 Å². The predicted octanol–water partition coefficient (Wildman–Crippen LogP) is 3.55. The van der Waals surface area contributed by atoms with E-state index in [2.05, 4.69) is 12.2 Å². The van der Waals surface area contributed by atoms with Gasteiger partial charge in [0.25, 0.3) is 5.91 Å². The van der Waals surface area contributed by atoms with Gasteiger partial charge in [-0.05, 0) is 61.7 Å². The molecule has 2 aromatic rings. The normalized spacial score (nSPS) is 11.8. The first-order chi connectivity index (χ1) is 10.5. The third kappa shape index (κ3) is 4.01. The Bertz CT molecular complexity index is 651. The van der Waals surface area contributed by atoms with Crippen molar-refractivity contribution in [1.82, 2.24) is 0 Å². The maximum absolute atomic E-state index is 12.2. The van der Waals surface area contributed by atoms with E-state index in [0.717, 1.165) is 17.7 Å². The number of hydrogen-bond donors (Lipinski definition) is 2. The Morgan fingerprint density at radius 1 is 1.23 bits per heavy atom. The first-order valence-electron chi connectivity index (χ1n) is 7.42. The SMILES string of the molecule is CCc1ccc(O[C@H](C)C(=O)Nc2ccc(N)cc2C)cc1. The van der Waals surface area contributed by atoms with Gasteiger partial charge in [0.05, 0.1) is 0 Å². The second-order valence-corrected chi connectivity index (χ2v) is 5.32. The lowest BCUT2D eigenvalue weighted by Gasteiger charge is -2.16. The zero-order valence-electron chi connectivity index (χ0n) is 13.2. The van der Waals surface area contributed by atoms with Crippen molar-refractivity contribution in [3.8, 4) is 5.75 Å². The van der Waals surface area contributed by atoms with Crippen molar-refractivity contribution in [3.63, 3.8) is 0 Å². The standard InChI is InChI=1S/C18H22N2O2/c1-4-14-5-8-16(9-6-14)22-13(3)18(21)20-17-10-7-15(19)11-12(17)2/h5-11,13H,4,19H2,1-3H3,(H,20,21)/t13-/m1/s1. The van der Waals surface area contributed by atoms with Gasteiger partial charge in [0, 0.05) is 11.4 Å². The second-order valence-electron chi connectivity index (χ2n) is 5.32. The lowest BCUT2D eigenvalue weighted by Crippen LogP contribution is -2.30. The van der Waals surface area contributed by atoms with Gasteiger partial charge >= 0.3 is 0 Å². The van der Waals surface area contributed by atoms with Gasteiger partial charge in [0.2, 0.25) is 0 Å². The maximum atomic E-state index is 12.2. The molecule has 0 aromatic heterocycles. The predicted molar refractivity (Wildman–Crippen MR) is 90.1 cm³/mol. The highest BCUT2D eigenvalue weighted by molar-refractivity contribution is 5.94. The van der Waals surface area contributed by atoms with Crippen LogP contribution in [0.15, 0.2) is 42.5 Å². The number of carbonyl (C=O) groups excluding carboxylic acids is 1. The van der Waals surface area contributed by atoms with Crippen molar-refractivity contribution < 1.29 is 9.53 Å². The fourth-order valence-corrected chi connectivity index (χ4v) is 2.12. The van der Waals surface area contributed by atoms with Crippen molar-refractivity contribution in [1.29, 1.82) is 0 Å². The number of aryl methyl sites for hydroxylation is 2. The van der Waals surface area contributed by atoms with Crippen molar-refractivity contribution in [2.75, 3.05) is 11.1 Å². The van der Waals surface area contributed by atoms with Crippen LogP contribution in [0.25, 0.3) is 0 Å². The van der Waals surface area contributed by atoms with Crippen LogP contribution < -0.4 is 15.8 Å². The van der Waals surface area contributed by atoms with Gasteiger partial charge in [-0.25, -0.2) is 0 Å². The van der Waals surface area contributed by atoms with E-state index < -0.39 is 6.10 Å². The summed E-state index contributed by atoms with van der Waals surface area (Å²) in [6, 6.07) is 13.2. The monoisotopic (exact) mass is 298 g/mol. The third-order valence-corrected chi connectivity index (χ3v) is 3.52. The third-order valence-electron chi connectivity index (χ3n) is 3.52. The minimum absolute atomic E-state index is 0.188. The van der Waals surface area contributed by atoms with Crippen LogP contribution in [-0.4, -0.2) is 12.0 Å². The van der Waals surface area contributed by atoms with Crippen molar-refractivity contribution in [2.24, 2.45) is 0 Å². The molecule has 2 aromatic carbocycles. The molecule has 2 rings (SSSR count). The summed E-state index contributed by atoms with van der Waals surface area (Å²) in [7, 11) is 0. The molecule has 1 atom stereocenters. The Balaban J connectivity index is 1.99. The number of anilines is 2. The number of ether oxygens (including phenoxy) is 1. The van der Waals surface area contributed by atoms with Crippen LogP contribution in [0.3, 0.4) is 0 Å². The molecule has 0 aliphatic carbocycles. The van der Waals surface area contributed by atoms with Gasteiger partial charge in [0.1, 0.15) is 5.75 Å². The number of nitrogen functional groups attached to an aromatic ring is 1. The van der Waals surface area contributed by atoms with Gasteiger partial charge in [-0.3, -0.25) is 4.79 Å². The van der Waals surface area contributed by atoms with Crippen LogP contribution in [0.2, 0.25) is 0 Å². The molecule has 0 unspecified atom stereocenters. The Kier molecular flexibility index (Phi) is 5.04. The van der Waals surface area contributed by atoms with E-state index in [1.807, 2.05) is 37.3 Å². The van der Waals surface area contributed by atoms with Crippen LogP contribution in [0.4, 0.5) is 11.4 Å². The molecular formula is C18H22N2O2. The van der Waals surface area contributed by atoms with Crippen LogP contribution >= 0.6 is 0 Å². The van der Waals surface area contributed by atoms with Gasteiger partial charge in [-0.2, -0.15) is 0 Å². The van der Waals surface area contributed by atoms with Crippen molar-refractivity contribution in [2.45, 2.75) is 33.3 Å². The topological polar surface area (TPSA) is 64.3 Å². The molecule has 0 aliphatic rings. The highest BCUT2D eigenvalue weighted by Crippen LogP contribution is 2.19. The van der Waals surface area contributed by atoms with Gasteiger partial charge in [-0.15, -0.1) is 0 Å². The van der Waals surface area contributed by atoms with Crippen LogP contribution in [0.5, 0.6) is 5.75 Å². The molecule has 0 bridgehead atoms. The number of benzene rings is 2. The molecule has 4 heteroatoms. The summed E-state index contributed by atoms with van der Waals surface area (Å²) in [5.41, 5.74) is 9.29. The van der Waals surface area contributed by atoms with E-state index in [9.17, 15) is 4.79 Å². The minimum atomic E-state index is -0.579. The minimum Gasteiger partial charge on any atom is -0.481 e. The summed E-state index contributed by atoms with van der Waals surface area (Å²) in [6.07, 6.45) is 0.400. The number of hydrogen-bond acceptors (Lipinski definition) is 3. The number of nitrogens with two attached hydrogens (primary N) is 1. The van der Waals surface area contributed by atoms with E-state index in [0.29, 0.717) is 11.4 Å². The lowest BCUT2D eigenvalue weighted by atomic mass is 10.1. The van der Waals surface area contributed by atoms with Crippen LogP contribution in [0.1, 0.15) is 25.0 Å². The highest BCUT2D eigenvalue weighted by Gasteiger charge is 2.15. The molecular weight excluding hydrogens is 276 g/mol. The van der Waals surface area contributed by atoms with E-state index in [-0.39, 0.29) is 5.91 Å². The molecule has 0 heterocycles. The summed E-state index contributed by atoms with van der Waals surface area (Å²) in [5.74, 6) is 0.501. The highest BCUT2D eigenvalue weighted by atomic mass is 16.5. The molecule has 0 fully saturated rings.